The zero-order chi connectivity index (χ0) is 19.3. The van der Waals surface area contributed by atoms with Gasteiger partial charge in [-0.15, -0.1) is 0 Å². The summed E-state index contributed by atoms with van der Waals surface area (Å²) in [4.78, 5) is 12.5. The van der Waals surface area contributed by atoms with Crippen LogP contribution in [0.1, 0.15) is 28.8 Å². The van der Waals surface area contributed by atoms with E-state index in [4.69, 9.17) is 10.00 Å². The molecule has 1 fully saturated rings. The zero-order valence-corrected chi connectivity index (χ0v) is 15.3. The maximum atomic E-state index is 12.5. The average Bonchev–Trinajstić information content (AvgIpc) is 3.21. The van der Waals surface area contributed by atoms with Gasteiger partial charge >= 0.3 is 0 Å². The molecule has 1 aliphatic heterocycles. The number of anilines is 1. The highest BCUT2D eigenvalue weighted by atomic mass is 32.2. The first-order valence-electron chi connectivity index (χ1n) is 8.51. The molecule has 1 amide bonds. The molecule has 0 spiro atoms. The van der Waals surface area contributed by atoms with Crippen LogP contribution in [0.4, 0.5) is 5.69 Å². The number of nitrogens with zero attached hydrogens (tertiary/aromatic N) is 1. The number of hydrogen-bond acceptors (Lipinski definition) is 5. The van der Waals surface area contributed by atoms with Crippen molar-refractivity contribution in [1.29, 1.82) is 5.26 Å². The topological polar surface area (TPSA) is 108 Å². The highest BCUT2D eigenvalue weighted by molar-refractivity contribution is 7.89. The number of amides is 1. The van der Waals surface area contributed by atoms with Crippen LogP contribution in [0.15, 0.2) is 53.4 Å². The molecule has 140 valence electrons. The Hall–Kier alpha value is -2.73. The molecule has 0 aliphatic carbocycles. The van der Waals surface area contributed by atoms with Gasteiger partial charge in [0.15, 0.2) is 0 Å². The number of hydrogen-bond donors (Lipinski definition) is 2. The number of nitrogens with one attached hydrogen (secondary N) is 2. The highest BCUT2D eigenvalue weighted by Crippen LogP contribution is 2.17. The number of benzene rings is 2. The summed E-state index contributed by atoms with van der Waals surface area (Å²) >= 11 is 0. The summed E-state index contributed by atoms with van der Waals surface area (Å²) in [6.07, 6.45) is 1.63. The number of carbonyl (C=O) groups is 1. The van der Waals surface area contributed by atoms with Gasteiger partial charge in [-0.1, -0.05) is 18.2 Å². The molecule has 1 heterocycles. The minimum absolute atomic E-state index is 0.00159. The highest BCUT2D eigenvalue weighted by Gasteiger charge is 2.21. The summed E-state index contributed by atoms with van der Waals surface area (Å²) in [6.45, 7) is 0.848. The van der Waals surface area contributed by atoms with Gasteiger partial charge in [-0.3, -0.25) is 4.79 Å². The van der Waals surface area contributed by atoms with Gasteiger partial charge in [0.05, 0.1) is 22.3 Å². The van der Waals surface area contributed by atoms with Crippen molar-refractivity contribution in [1.82, 2.24) is 4.72 Å². The van der Waals surface area contributed by atoms with Crippen LogP contribution in [0.25, 0.3) is 0 Å². The van der Waals surface area contributed by atoms with Crippen LogP contribution in [0.3, 0.4) is 0 Å². The lowest BCUT2D eigenvalue weighted by atomic mass is 10.1. The molecule has 3 rings (SSSR count). The number of sulfonamides is 1. The third kappa shape index (κ3) is 4.71. The van der Waals surface area contributed by atoms with Crippen molar-refractivity contribution in [2.24, 2.45) is 0 Å². The van der Waals surface area contributed by atoms with Crippen LogP contribution in [-0.4, -0.2) is 33.6 Å². The molecule has 27 heavy (non-hydrogen) atoms. The molecule has 2 aromatic rings. The molecule has 0 radical (unpaired) electrons. The van der Waals surface area contributed by atoms with E-state index in [1.807, 2.05) is 6.07 Å². The Kier molecular flexibility index (Phi) is 5.86. The molecule has 2 aromatic carbocycles. The summed E-state index contributed by atoms with van der Waals surface area (Å²) in [5.74, 6) is -0.492. The largest absolute Gasteiger partial charge is 0.377 e. The number of ether oxygens (including phenoxy) is 1. The van der Waals surface area contributed by atoms with Crippen LogP contribution in [-0.2, 0) is 14.8 Å². The lowest BCUT2D eigenvalue weighted by molar-refractivity contribution is 0.102. The van der Waals surface area contributed by atoms with E-state index in [1.54, 1.807) is 24.3 Å². The predicted molar refractivity (Wildman–Crippen MR) is 99.7 cm³/mol. The van der Waals surface area contributed by atoms with E-state index in [-0.39, 0.29) is 23.1 Å². The molecular formula is C19H19N3O4S. The fourth-order valence-corrected chi connectivity index (χ4v) is 3.89. The lowest BCUT2D eigenvalue weighted by Gasteiger charge is -2.12. The smallest absolute Gasteiger partial charge is 0.255 e. The number of carbonyl (C=O) groups excluding carboxylic acids is 1. The first kappa shape index (κ1) is 19.0. The van der Waals surface area contributed by atoms with Crippen LogP contribution in [0.5, 0.6) is 0 Å². The lowest BCUT2D eigenvalue weighted by Crippen LogP contribution is -2.32. The quantitative estimate of drug-likeness (QED) is 0.793. The monoisotopic (exact) mass is 385 g/mol. The van der Waals surface area contributed by atoms with Crippen LogP contribution < -0.4 is 10.0 Å². The first-order valence-corrected chi connectivity index (χ1v) is 10.00. The summed E-state index contributed by atoms with van der Waals surface area (Å²) in [5.41, 5.74) is 0.880. The van der Waals surface area contributed by atoms with E-state index in [0.29, 0.717) is 17.9 Å². The second-order valence-corrected chi connectivity index (χ2v) is 7.89. The van der Waals surface area contributed by atoms with E-state index in [0.717, 1.165) is 12.8 Å². The average molecular weight is 385 g/mol. The first-order chi connectivity index (χ1) is 13.0. The maximum Gasteiger partial charge on any atom is 0.255 e. The molecule has 0 saturated carbocycles. The maximum absolute atomic E-state index is 12.5. The van der Waals surface area contributed by atoms with Crippen LogP contribution in [0, 0.1) is 11.3 Å². The van der Waals surface area contributed by atoms with Crippen LogP contribution >= 0.6 is 0 Å². The summed E-state index contributed by atoms with van der Waals surface area (Å²) in [7, 11) is -3.75. The van der Waals surface area contributed by atoms with Crippen molar-refractivity contribution < 1.29 is 17.9 Å². The molecule has 8 heteroatoms. The van der Waals surface area contributed by atoms with Crippen LogP contribution in [0.2, 0.25) is 0 Å². The summed E-state index contributed by atoms with van der Waals surface area (Å²) in [5, 5.41) is 11.7. The summed E-state index contributed by atoms with van der Waals surface area (Å²) in [6, 6.07) is 14.4. The standard InChI is InChI=1S/C19H19N3O4S/c20-12-15-5-1-2-9-18(15)22-19(23)14-6-3-8-17(11-14)27(24,25)21-13-16-7-4-10-26-16/h1-3,5-6,8-9,11,16,21H,4,7,10,13H2,(H,22,23). The predicted octanol–water partition coefficient (Wildman–Crippen LogP) is 2.27. The van der Waals surface area contributed by atoms with E-state index in [2.05, 4.69) is 10.0 Å². The third-order valence-electron chi connectivity index (χ3n) is 4.23. The van der Waals surface area contributed by atoms with Crippen molar-refractivity contribution in [2.75, 3.05) is 18.5 Å². The second-order valence-electron chi connectivity index (χ2n) is 6.13. The Balaban J connectivity index is 1.74. The van der Waals surface area contributed by atoms with Crippen molar-refractivity contribution in [3.8, 4) is 6.07 Å². The Morgan fingerprint density at radius 2 is 2.04 bits per heavy atom. The number of para-hydroxylation sites is 1. The van der Waals surface area contributed by atoms with E-state index in [9.17, 15) is 13.2 Å². The third-order valence-corrected chi connectivity index (χ3v) is 5.65. The Morgan fingerprint density at radius 3 is 2.78 bits per heavy atom. The number of rotatable bonds is 6. The Bertz CT molecular complexity index is 976. The van der Waals surface area contributed by atoms with E-state index in [1.165, 1.54) is 24.3 Å². The van der Waals surface area contributed by atoms with Gasteiger partial charge in [0.1, 0.15) is 6.07 Å². The molecular weight excluding hydrogens is 366 g/mol. The minimum atomic E-state index is -3.75. The van der Waals surface area contributed by atoms with Gasteiger partial charge in [-0.25, -0.2) is 13.1 Å². The molecule has 0 bridgehead atoms. The normalized spacial score (nSPS) is 16.6. The van der Waals surface area contributed by atoms with Crippen molar-refractivity contribution in [3.05, 3.63) is 59.7 Å². The molecule has 2 N–H and O–H groups in total. The van der Waals surface area contributed by atoms with Crippen molar-refractivity contribution in [3.63, 3.8) is 0 Å². The van der Waals surface area contributed by atoms with Gasteiger partial charge in [-0.2, -0.15) is 5.26 Å². The Labute approximate surface area is 158 Å². The molecule has 7 nitrogen and oxygen atoms in total. The second kappa shape index (κ2) is 8.31. The summed E-state index contributed by atoms with van der Waals surface area (Å²) < 4.78 is 32.9. The van der Waals surface area contributed by atoms with Gasteiger partial charge in [0.2, 0.25) is 10.0 Å². The fraction of sp³-hybridized carbons (Fsp3) is 0.263. The molecule has 1 unspecified atom stereocenters. The molecule has 1 atom stereocenters. The van der Waals surface area contributed by atoms with Gasteiger partial charge in [0.25, 0.3) is 5.91 Å². The Morgan fingerprint density at radius 1 is 1.22 bits per heavy atom. The van der Waals surface area contributed by atoms with Gasteiger partial charge < -0.3 is 10.1 Å². The van der Waals surface area contributed by atoms with Crippen molar-refractivity contribution >= 4 is 21.6 Å². The molecule has 1 aliphatic rings. The molecule has 1 saturated heterocycles. The fourth-order valence-electron chi connectivity index (χ4n) is 2.78. The SMILES string of the molecule is N#Cc1ccccc1NC(=O)c1cccc(S(=O)(=O)NCC2CCCO2)c1. The minimum Gasteiger partial charge on any atom is -0.377 e. The van der Waals surface area contributed by atoms with Gasteiger partial charge in [-0.05, 0) is 43.2 Å². The molecule has 0 aromatic heterocycles. The zero-order valence-electron chi connectivity index (χ0n) is 14.5. The van der Waals surface area contributed by atoms with E-state index >= 15 is 0 Å². The van der Waals surface area contributed by atoms with Crippen molar-refractivity contribution in [2.45, 2.75) is 23.8 Å². The van der Waals surface area contributed by atoms with E-state index < -0.39 is 15.9 Å². The van der Waals surface area contributed by atoms with Gasteiger partial charge in [0, 0.05) is 18.7 Å². The number of nitriles is 1.